The molecule has 0 aromatic carbocycles. The third-order valence-corrected chi connectivity index (χ3v) is 3.37. The number of aliphatic hydroxyl groups is 1. The lowest BCUT2D eigenvalue weighted by atomic mass is 10.0. The first-order valence-electron chi connectivity index (χ1n) is 4.16. The standard InChI is InChI=1S/C9H14BrNOS/c1-9(2,3-4-12)11-8-5-7(10)6-13-8/h5-6,11-12H,3-4H2,1-2H3. The topological polar surface area (TPSA) is 32.3 Å². The van der Waals surface area contributed by atoms with E-state index in [1.54, 1.807) is 11.3 Å². The number of hydrogen-bond acceptors (Lipinski definition) is 3. The van der Waals surface area contributed by atoms with Crippen molar-refractivity contribution in [3.63, 3.8) is 0 Å². The zero-order valence-corrected chi connectivity index (χ0v) is 10.2. The van der Waals surface area contributed by atoms with E-state index in [0.29, 0.717) is 0 Å². The summed E-state index contributed by atoms with van der Waals surface area (Å²) in [5.41, 5.74) is -0.0426. The van der Waals surface area contributed by atoms with Crippen LogP contribution in [0.5, 0.6) is 0 Å². The molecule has 0 amide bonds. The van der Waals surface area contributed by atoms with Gasteiger partial charge in [0.15, 0.2) is 0 Å². The van der Waals surface area contributed by atoms with E-state index in [1.165, 1.54) is 0 Å². The molecule has 0 aliphatic rings. The highest BCUT2D eigenvalue weighted by Gasteiger charge is 2.16. The van der Waals surface area contributed by atoms with Crippen LogP contribution in [-0.4, -0.2) is 17.3 Å². The number of thiophene rings is 1. The Morgan fingerprint density at radius 1 is 1.62 bits per heavy atom. The summed E-state index contributed by atoms with van der Waals surface area (Å²) in [5.74, 6) is 0. The first kappa shape index (κ1) is 11.0. The molecule has 2 nitrogen and oxygen atoms in total. The van der Waals surface area contributed by atoms with Gasteiger partial charge in [0.25, 0.3) is 0 Å². The Labute approximate surface area is 91.1 Å². The third-order valence-electron chi connectivity index (χ3n) is 1.77. The average molecular weight is 264 g/mol. The van der Waals surface area contributed by atoms with E-state index in [1.807, 2.05) is 11.4 Å². The molecular formula is C9H14BrNOS. The lowest BCUT2D eigenvalue weighted by molar-refractivity contribution is 0.261. The summed E-state index contributed by atoms with van der Waals surface area (Å²) in [5, 5.41) is 15.4. The summed E-state index contributed by atoms with van der Waals surface area (Å²) in [6.07, 6.45) is 0.752. The molecule has 13 heavy (non-hydrogen) atoms. The molecule has 0 aliphatic heterocycles. The minimum absolute atomic E-state index is 0.0426. The van der Waals surface area contributed by atoms with Crippen molar-refractivity contribution in [2.24, 2.45) is 0 Å². The first-order chi connectivity index (χ1) is 6.03. The maximum Gasteiger partial charge on any atom is 0.0898 e. The normalized spacial score (nSPS) is 11.7. The van der Waals surface area contributed by atoms with Crippen LogP contribution in [0, 0.1) is 0 Å². The molecule has 0 fully saturated rings. The van der Waals surface area contributed by atoms with Gasteiger partial charge in [0.1, 0.15) is 0 Å². The molecule has 0 spiro atoms. The van der Waals surface area contributed by atoms with Crippen molar-refractivity contribution in [2.45, 2.75) is 25.8 Å². The minimum atomic E-state index is -0.0426. The molecule has 0 saturated heterocycles. The lowest BCUT2D eigenvalue weighted by Crippen LogP contribution is -2.31. The van der Waals surface area contributed by atoms with Crippen molar-refractivity contribution in [3.8, 4) is 0 Å². The fraction of sp³-hybridized carbons (Fsp3) is 0.556. The summed E-state index contributed by atoms with van der Waals surface area (Å²) >= 11 is 5.06. The highest BCUT2D eigenvalue weighted by molar-refractivity contribution is 9.10. The number of nitrogens with one attached hydrogen (secondary N) is 1. The molecule has 0 unspecified atom stereocenters. The molecule has 1 heterocycles. The highest BCUT2D eigenvalue weighted by atomic mass is 79.9. The third kappa shape index (κ3) is 3.67. The molecule has 74 valence electrons. The predicted molar refractivity (Wildman–Crippen MR) is 61.4 cm³/mol. The number of hydrogen-bond donors (Lipinski definition) is 2. The quantitative estimate of drug-likeness (QED) is 0.875. The van der Waals surface area contributed by atoms with E-state index in [2.05, 4.69) is 35.1 Å². The highest BCUT2D eigenvalue weighted by Crippen LogP contribution is 2.27. The van der Waals surface area contributed by atoms with E-state index in [9.17, 15) is 0 Å². The number of halogens is 1. The van der Waals surface area contributed by atoms with Crippen LogP contribution in [-0.2, 0) is 0 Å². The van der Waals surface area contributed by atoms with Crippen LogP contribution in [0.2, 0.25) is 0 Å². The fourth-order valence-corrected chi connectivity index (χ4v) is 2.55. The van der Waals surface area contributed by atoms with Crippen LogP contribution in [0.3, 0.4) is 0 Å². The Kier molecular flexibility index (Phi) is 3.76. The van der Waals surface area contributed by atoms with Crippen molar-refractivity contribution >= 4 is 32.3 Å². The molecule has 0 bridgehead atoms. The monoisotopic (exact) mass is 263 g/mol. The van der Waals surface area contributed by atoms with E-state index in [4.69, 9.17) is 5.11 Å². The second kappa shape index (κ2) is 4.44. The molecule has 1 aromatic heterocycles. The van der Waals surface area contributed by atoms with Gasteiger partial charge in [-0.15, -0.1) is 11.3 Å². The Bertz CT molecular complexity index is 272. The van der Waals surface area contributed by atoms with Gasteiger partial charge in [-0.2, -0.15) is 0 Å². The van der Waals surface area contributed by atoms with Crippen molar-refractivity contribution in [1.29, 1.82) is 0 Å². The van der Waals surface area contributed by atoms with Gasteiger partial charge in [-0.1, -0.05) is 0 Å². The second-order valence-corrected chi connectivity index (χ2v) is 5.44. The van der Waals surface area contributed by atoms with Crippen LogP contribution in [0.25, 0.3) is 0 Å². The maximum atomic E-state index is 8.84. The summed E-state index contributed by atoms with van der Waals surface area (Å²) in [4.78, 5) is 0. The van der Waals surface area contributed by atoms with Crippen molar-refractivity contribution in [1.82, 2.24) is 0 Å². The molecule has 0 saturated carbocycles. The van der Waals surface area contributed by atoms with E-state index < -0.39 is 0 Å². The van der Waals surface area contributed by atoms with Gasteiger partial charge < -0.3 is 10.4 Å². The molecule has 1 rings (SSSR count). The SMILES string of the molecule is CC(C)(CCO)Nc1cc(Br)cs1. The summed E-state index contributed by atoms with van der Waals surface area (Å²) in [6, 6.07) is 2.05. The van der Waals surface area contributed by atoms with E-state index in [-0.39, 0.29) is 12.1 Å². The summed E-state index contributed by atoms with van der Waals surface area (Å²) < 4.78 is 1.10. The number of rotatable bonds is 4. The van der Waals surface area contributed by atoms with Gasteiger partial charge in [-0.25, -0.2) is 0 Å². The van der Waals surface area contributed by atoms with Crippen LogP contribution in [0.4, 0.5) is 5.00 Å². The molecule has 2 N–H and O–H groups in total. The van der Waals surface area contributed by atoms with Crippen molar-refractivity contribution in [3.05, 3.63) is 15.9 Å². The zero-order chi connectivity index (χ0) is 9.90. The lowest BCUT2D eigenvalue weighted by Gasteiger charge is -2.25. The number of anilines is 1. The van der Waals surface area contributed by atoms with Gasteiger partial charge in [0, 0.05) is 22.0 Å². The molecule has 1 aromatic rings. The Balaban J connectivity index is 2.57. The van der Waals surface area contributed by atoms with Crippen molar-refractivity contribution in [2.75, 3.05) is 11.9 Å². The van der Waals surface area contributed by atoms with Crippen LogP contribution < -0.4 is 5.32 Å². The van der Waals surface area contributed by atoms with Gasteiger partial charge in [0.2, 0.25) is 0 Å². The molecule has 0 atom stereocenters. The van der Waals surface area contributed by atoms with Crippen LogP contribution in [0.15, 0.2) is 15.9 Å². The molecular weight excluding hydrogens is 250 g/mol. The Morgan fingerprint density at radius 3 is 2.77 bits per heavy atom. The van der Waals surface area contributed by atoms with E-state index >= 15 is 0 Å². The fourth-order valence-electron chi connectivity index (χ4n) is 1.05. The smallest absolute Gasteiger partial charge is 0.0898 e. The summed E-state index contributed by atoms with van der Waals surface area (Å²) in [7, 11) is 0. The molecule has 4 heteroatoms. The predicted octanol–water partition coefficient (Wildman–Crippen LogP) is 3.08. The first-order valence-corrected chi connectivity index (χ1v) is 5.84. The molecule has 0 aliphatic carbocycles. The van der Waals surface area contributed by atoms with Crippen LogP contribution in [0.1, 0.15) is 20.3 Å². The molecule has 0 radical (unpaired) electrons. The second-order valence-electron chi connectivity index (χ2n) is 3.61. The van der Waals surface area contributed by atoms with Gasteiger partial charge in [0.05, 0.1) is 5.00 Å². The number of aliphatic hydroxyl groups excluding tert-OH is 1. The zero-order valence-electron chi connectivity index (χ0n) is 7.80. The Morgan fingerprint density at radius 2 is 2.31 bits per heavy atom. The Hall–Kier alpha value is -0.0600. The maximum absolute atomic E-state index is 8.84. The van der Waals surface area contributed by atoms with Gasteiger partial charge in [-0.3, -0.25) is 0 Å². The average Bonchev–Trinajstić information content (AvgIpc) is 2.34. The minimum Gasteiger partial charge on any atom is -0.396 e. The van der Waals surface area contributed by atoms with Gasteiger partial charge in [-0.05, 0) is 42.3 Å². The summed E-state index contributed by atoms with van der Waals surface area (Å²) in [6.45, 7) is 4.38. The van der Waals surface area contributed by atoms with Gasteiger partial charge >= 0.3 is 0 Å². The van der Waals surface area contributed by atoms with Crippen molar-refractivity contribution < 1.29 is 5.11 Å². The largest absolute Gasteiger partial charge is 0.396 e. The van der Waals surface area contributed by atoms with E-state index in [0.717, 1.165) is 15.9 Å². The van der Waals surface area contributed by atoms with Crippen LogP contribution >= 0.6 is 27.3 Å².